The average molecular weight is 451 g/mol. The van der Waals surface area contributed by atoms with Crippen LogP contribution in [0.1, 0.15) is 49.3 Å². The number of hydrogen-bond acceptors (Lipinski definition) is 2. The van der Waals surface area contributed by atoms with Gasteiger partial charge in [0, 0.05) is 17.6 Å². The second-order valence-electron chi connectivity index (χ2n) is 7.54. The maximum atomic E-state index is 13.5. The van der Waals surface area contributed by atoms with Crippen LogP contribution in [-0.4, -0.2) is 28.6 Å². The first-order valence-electron chi connectivity index (χ1n) is 10.1. The number of carbonyl (C=O) groups is 2. The third kappa shape index (κ3) is 5.73. The van der Waals surface area contributed by atoms with E-state index in [1.54, 1.807) is 18.2 Å². The van der Waals surface area contributed by atoms with Crippen LogP contribution < -0.4 is 5.32 Å². The lowest BCUT2D eigenvalue weighted by atomic mass is 9.94. The molecule has 1 fully saturated rings. The van der Waals surface area contributed by atoms with E-state index in [4.69, 9.17) is 23.2 Å². The van der Waals surface area contributed by atoms with Gasteiger partial charge in [0.25, 0.3) is 0 Å². The van der Waals surface area contributed by atoms with Crippen molar-refractivity contribution in [2.24, 2.45) is 0 Å². The van der Waals surface area contributed by atoms with E-state index >= 15 is 0 Å². The average Bonchev–Trinajstić information content (AvgIpc) is 2.76. The molecule has 2 amide bonds. The minimum Gasteiger partial charge on any atom is -0.351 e. The molecule has 3 rings (SSSR count). The number of carbonyl (C=O) groups excluding carboxylic acids is 2. The fraction of sp³-hybridized carbons (Fsp3) is 0.391. The molecule has 2 aromatic carbocycles. The molecule has 0 aromatic heterocycles. The summed E-state index contributed by atoms with van der Waals surface area (Å²) in [7, 11) is 0. The van der Waals surface area contributed by atoms with E-state index in [1.807, 2.05) is 6.07 Å². The second-order valence-corrected chi connectivity index (χ2v) is 8.22. The van der Waals surface area contributed by atoms with Crippen LogP contribution >= 0.6 is 23.2 Å². The molecule has 0 bridgehead atoms. The van der Waals surface area contributed by atoms with Gasteiger partial charge in [-0.1, -0.05) is 61.2 Å². The summed E-state index contributed by atoms with van der Waals surface area (Å²) in [6.45, 7) is 0.116. The number of nitrogens with zero attached hydrogens (tertiary/aromatic N) is 1. The van der Waals surface area contributed by atoms with Crippen molar-refractivity contribution in [2.45, 2.75) is 50.7 Å². The summed E-state index contributed by atoms with van der Waals surface area (Å²) in [6.07, 6.45) is 5.12. The van der Waals surface area contributed by atoms with E-state index in [-0.39, 0.29) is 24.4 Å². The highest BCUT2D eigenvalue weighted by Crippen LogP contribution is 2.28. The van der Waals surface area contributed by atoms with Crippen molar-refractivity contribution >= 4 is 35.0 Å². The fourth-order valence-electron chi connectivity index (χ4n) is 3.86. The largest absolute Gasteiger partial charge is 0.351 e. The van der Waals surface area contributed by atoms with E-state index in [9.17, 15) is 14.0 Å². The Hall–Kier alpha value is -2.11. The lowest BCUT2D eigenvalue weighted by molar-refractivity contribution is -0.140. The molecule has 0 spiro atoms. The van der Waals surface area contributed by atoms with Gasteiger partial charge < -0.3 is 10.2 Å². The van der Waals surface area contributed by atoms with E-state index in [1.165, 1.54) is 29.2 Å². The summed E-state index contributed by atoms with van der Waals surface area (Å²) in [5.41, 5.74) is 1.23. The minimum atomic E-state index is -0.935. The molecule has 1 saturated carbocycles. The number of nitrogens with one attached hydrogen (secondary N) is 1. The lowest BCUT2D eigenvalue weighted by Gasteiger charge is -2.33. The Morgan fingerprint density at radius 1 is 1.07 bits per heavy atom. The predicted octanol–water partition coefficient (Wildman–Crippen LogP) is 5.24. The zero-order valence-electron chi connectivity index (χ0n) is 16.6. The van der Waals surface area contributed by atoms with Crippen molar-refractivity contribution in [3.8, 4) is 0 Å². The first kappa shape index (κ1) is 22.6. The molecule has 1 N–H and O–H groups in total. The first-order chi connectivity index (χ1) is 14.5. The maximum Gasteiger partial charge on any atom is 0.247 e. The summed E-state index contributed by atoms with van der Waals surface area (Å²) < 4.78 is 13.5. The Balaban J connectivity index is 1.95. The van der Waals surface area contributed by atoms with Gasteiger partial charge in [-0.15, -0.1) is 11.6 Å². The Morgan fingerprint density at radius 2 is 1.73 bits per heavy atom. The maximum absolute atomic E-state index is 13.5. The number of rotatable bonds is 7. The van der Waals surface area contributed by atoms with Gasteiger partial charge in [-0.2, -0.15) is 0 Å². The minimum absolute atomic E-state index is 0.0717. The number of halogens is 3. The van der Waals surface area contributed by atoms with Crippen molar-refractivity contribution < 1.29 is 14.0 Å². The molecule has 1 aliphatic carbocycles. The van der Waals surface area contributed by atoms with Crippen molar-refractivity contribution in [1.29, 1.82) is 0 Å². The van der Waals surface area contributed by atoms with E-state index in [0.29, 0.717) is 16.1 Å². The van der Waals surface area contributed by atoms with Crippen molar-refractivity contribution in [2.75, 3.05) is 5.88 Å². The standard InChI is InChI=1S/C23H25Cl2FN2O2/c24-14-21(29)28(15-17-6-4-5-9-20(17)25)22(16-10-12-18(26)13-11-16)23(30)27-19-7-2-1-3-8-19/h4-6,9-13,19,22H,1-3,7-8,14-15H2,(H,27,30). The van der Waals surface area contributed by atoms with Crippen LogP contribution in [0, 0.1) is 5.82 Å². The van der Waals surface area contributed by atoms with Crippen LogP contribution in [0.5, 0.6) is 0 Å². The monoisotopic (exact) mass is 450 g/mol. The van der Waals surface area contributed by atoms with Crippen molar-refractivity contribution in [3.05, 3.63) is 70.5 Å². The predicted molar refractivity (Wildman–Crippen MR) is 117 cm³/mol. The molecule has 30 heavy (non-hydrogen) atoms. The van der Waals surface area contributed by atoms with E-state index < -0.39 is 17.8 Å². The summed E-state index contributed by atoms with van der Waals surface area (Å²) in [5.74, 6) is -1.38. The SMILES string of the molecule is O=C(NC1CCCCC1)C(c1ccc(F)cc1)N(Cc1ccccc1Cl)C(=O)CCl. The van der Waals surface area contributed by atoms with Gasteiger partial charge in [-0.25, -0.2) is 4.39 Å². The van der Waals surface area contributed by atoms with E-state index in [0.717, 1.165) is 32.1 Å². The summed E-state index contributed by atoms with van der Waals surface area (Å²) in [6, 6.07) is 11.9. The third-order valence-corrected chi connectivity index (χ3v) is 6.03. The van der Waals surface area contributed by atoms with Gasteiger partial charge >= 0.3 is 0 Å². The molecular formula is C23H25Cl2FN2O2. The fourth-order valence-corrected chi connectivity index (χ4v) is 4.20. The van der Waals surface area contributed by atoms with Gasteiger partial charge in [0.1, 0.15) is 17.7 Å². The highest BCUT2D eigenvalue weighted by molar-refractivity contribution is 6.31. The molecule has 0 radical (unpaired) electrons. The smallest absolute Gasteiger partial charge is 0.247 e. The van der Waals surface area contributed by atoms with Gasteiger partial charge in [0.15, 0.2) is 0 Å². The summed E-state index contributed by atoms with van der Waals surface area (Å²) in [5, 5.41) is 3.59. The molecule has 1 unspecified atom stereocenters. The molecule has 1 atom stereocenters. The number of benzene rings is 2. The van der Waals surface area contributed by atoms with Gasteiger partial charge in [-0.05, 0) is 42.2 Å². The highest BCUT2D eigenvalue weighted by Gasteiger charge is 2.33. The zero-order chi connectivity index (χ0) is 21.5. The van der Waals surface area contributed by atoms with Crippen LogP contribution in [0.3, 0.4) is 0 Å². The van der Waals surface area contributed by atoms with Crippen molar-refractivity contribution in [1.82, 2.24) is 10.2 Å². The molecule has 2 aromatic rings. The Kier molecular flexibility index (Phi) is 8.11. The Labute approximate surface area is 186 Å². The summed E-state index contributed by atoms with van der Waals surface area (Å²) >= 11 is 12.2. The van der Waals surface area contributed by atoms with Crippen LogP contribution in [0.2, 0.25) is 5.02 Å². The van der Waals surface area contributed by atoms with Gasteiger partial charge in [0.05, 0.1) is 0 Å². The normalized spacial score (nSPS) is 15.4. The number of hydrogen-bond donors (Lipinski definition) is 1. The molecule has 4 nitrogen and oxygen atoms in total. The molecule has 0 aliphatic heterocycles. The van der Waals surface area contributed by atoms with Crippen LogP contribution in [-0.2, 0) is 16.1 Å². The van der Waals surface area contributed by atoms with Crippen LogP contribution in [0.15, 0.2) is 48.5 Å². The molecular weight excluding hydrogens is 426 g/mol. The van der Waals surface area contributed by atoms with Crippen LogP contribution in [0.25, 0.3) is 0 Å². The summed E-state index contributed by atoms with van der Waals surface area (Å²) in [4.78, 5) is 27.6. The number of alkyl halides is 1. The lowest BCUT2D eigenvalue weighted by Crippen LogP contribution is -2.47. The molecule has 0 heterocycles. The quantitative estimate of drug-likeness (QED) is 0.586. The van der Waals surface area contributed by atoms with Gasteiger partial charge in [0.2, 0.25) is 11.8 Å². The Bertz CT molecular complexity index is 870. The molecule has 1 aliphatic rings. The van der Waals surface area contributed by atoms with E-state index in [2.05, 4.69) is 5.32 Å². The second kappa shape index (κ2) is 10.8. The van der Waals surface area contributed by atoms with Crippen LogP contribution in [0.4, 0.5) is 4.39 Å². The van der Waals surface area contributed by atoms with Crippen molar-refractivity contribution in [3.63, 3.8) is 0 Å². The van der Waals surface area contributed by atoms with Gasteiger partial charge in [-0.3, -0.25) is 9.59 Å². The first-order valence-corrected chi connectivity index (χ1v) is 11.1. The third-order valence-electron chi connectivity index (χ3n) is 5.43. The molecule has 160 valence electrons. The molecule has 7 heteroatoms. The number of amides is 2. The highest BCUT2D eigenvalue weighted by atomic mass is 35.5. The Morgan fingerprint density at radius 3 is 2.37 bits per heavy atom. The molecule has 0 saturated heterocycles. The zero-order valence-corrected chi connectivity index (χ0v) is 18.1. The topological polar surface area (TPSA) is 49.4 Å².